The summed E-state index contributed by atoms with van der Waals surface area (Å²) in [6, 6.07) is 11.3. The number of hydrogen-bond acceptors (Lipinski definition) is 2. The highest BCUT2D eigenvalue weighted by Crippen LogP contribution is 2.40. The molecule has 118 valence electrons. The maximum Gasteiger partial charge on any atom is 0.119 e. The van der Waals surface area contributed by atoms with E-state index in [9.17, 15) is 10.2 Å². The zero-order chi connectivity index (χ0) is 16.7. The van der Waals surface area contributed by atoms with Crippen molar-refractivity contribution in [2.75, 3.05) is 0 Å². The molecule has 0 unspecified atom stereocenters. The Hall–Kier alpha value is -1.96. The fourth-order valence-electron chi connectivity index (χ4n) is 3.00. The Balaban J connectivity index is 2.62. The Morgan fingerprint density at radius 3 is 1.82 bits per heavy atom. The number of benzene rings is 2. The van der Waals surface area contributed by atoms with Crippen LogP contribution in [0.4, 0.5) is 0 Å². The third-order valence-corrected chi connectivity index (χ3v) is 4.41. The summed E-state index contributed by atoms with van der Waals surface area (Å²) in [6.45, 7) is 12.7. The predicted molar refractivity (Wildman–Crippen MR) is 91.8 cm³/mol. The molecule has 0 aliphatic heterocycles. The molecular formula is C20H26O2. The molecule has 0 heterocycles. The number of aryl methyl sites for hydroxylation is 1. The van der Waals surface area contributed by atoms with E-state index in [4.69, 9.17) is 0 Å². The van der Waals surface area contributed by atoms with Crippen LogP contribution in [0.1, 0.15) is 56.9 Å². The lowest BCUT2D eigenvalue weighted by atomic mass is 9.73. The molecule has 22 heavy (non-hydrogen) atoms. The molecule has 2 nitrogen and oxygen atoms in total. The van der Waals surface area contributed by atoms with Gasteiger partial charge >= 0.3 is 0 Å². The average Bonchev–Trinajstić information content (AvgIpc) is 2.37. The van der Waals surface area contributed by atoms with Gasteiger partial charge in [-0.15, -0.1) is 0 Å². The average molecular weight is 298 g/mol. The molecule has 2 aromatic rings. The van der Waals surface area contributed by atoms with Crippen molar-refractivity contribution in [3.05, 3.63) is 58.7 Å². The second kappa shape index (κ2) is 5.35. The summed E-state index contributed by atoms with van der Waals surface area (Å²) in [5.41, 5.74) is 4.05. The molecule has 0 bridgehead atoms. The van der Waals surface area contributed by atoms with Crippen LogP contribution < -0.4 is 0 Å². The van der Waals surface area contributed by atoms with Crippen LogP contribution in [0.15, 0.2) is 36.4 Å². The van der Waals surface area contributed by atoms with Crippen LogP contribution in [0.2, 0.25) is 0 Å². The van der Waals surface area contributed by atoms with Gasteiger partial charge in [-0.05, 0) is 52.8 Å². The summed E-state index contributed by atoms with van der Waals surface area (Å²) in [7, 11) is 0. The topological polar surface area (TPSA) is 40.5 Å². The smallest absolute Gasteiger partial charge is 0.119 e. The van der Waals surface area contributed by atoms with E-state index in [0.717, 1.165) is 16.7 Å². The monoisotopic (exact) mass is 298 g/mol. The van der Waals surface area contributed by atoms with Crippen molar-refractivity contribution in [2.24, 2.45) is 0 Å². The normalized spacial score (nSPS) is 12.5. The fourth-order valence-corrected chi connectivity index (χ4v) is 3.00. The highest BCUT2D eigenvalue weighted by atomic mass is 16.3. The first kappa shape index (κ1) is 16.4. The highest BCUT2D eigenvalue weighted by molar-refractivity contribution is 5.50. The predicted octanol–water partition coefficient (Wildman–Crippen LogP) is 5.03. The summed E-state index contributed by atoms with van der Waals surface area (Å²) in [4.78, 5) is 0. The molecule has 0 radical (unpaired) electrons. The SMILES string of the molecule is Cc1cc(O)c(C(C)(C)C)cc1C(C)(C)c1ccc(O)cc1. The van der Waals surface area contributed by atoms with E-state index in [1.807, 2.05) is 25.1 Å². The van der Waals surface area contributed by atoms with Gasteiger partial charge in [0.2, 0.25) is 0 Å². The third kappa shape index (κ3) is 2.96. The molecule has 0 aliphatic rings. The zero-order valence-corrected chi connectivity index (χ0v) is 14.4. The van der Waals surface area contributed by atoms with E-state index < -0.39 is 0 Å². The summed E-state index contributed by atoms with van der Waals surface area (Å²) in [5, 5.41) is 19.8. The molecule has 0 aliphatic carbocycles. The van der Waals surface area contributed by atoms with Crippen LogP contribution in [-0.2, 0) is 10.8 Å². The van der Waals surface area contributed by atoms with Gasteiger partial charge in [-0.1, -0.05) is 52.8 Å². The second-order valence-electron chi connectivity index (χ2n) is 7.61. The number of phenols is 2. The van der Waals surface area contributed by atoms with Crippen molar-refractivity contribution < 1.29 is 10.2 Å². The van der Waals surface area contributed by atoms with E-state index in [1.54, 1.807) is 12.1 Å². The molecule has 0 saturated carbocycles. The highest BCUT2D eigenvalue weighted by Gasteiger charge is 2.28. The molecule has 2 N–H and O–H groups in total. The third-order valence-electron chi connectivity index (χ3n) is 4.41. The van der Waals surface area contributed by atoms with E-state index in [1.165, 1.54) is 5.56 Å². The Labute approximate surface area is 133 Å². The van der Waals surface area contributed by atoms with E-state index in [0.29, 0.717) is 5.75 Å². The molecule has 2 heteroatoms. The van der Waals surface area contributed by atoms with Gasteiger partial charge in [0.1, 0.15) is 11.5 Å². The van der Waals surface area contributed by atoms with Gasteiger partial charge in [0.25, 0.3) is 0 Å². The summed E-state index contributed by atoms with van der Waals surface area (Å²) in [6.07, 6.45) is 0. The Kier molecular flexibility index (Phi) is 3.99. The van der Waals surface area contributed by atoms with Crippen LogP contribution >= 0.6 is 0 Å². The van der Waals surface area contributed by atoms with Crippen LogP contribution in [0.3, 0.4) is 0 Å². The quantitative estimate of drug-likeness (QED) is 0.816. The van der Waals surface area contributed by atoms with Gasteiger partial charge in [0, 0.05) is 5.41 Å². The first-order valence-electron chi connectivity index (χ1n) is 7.67. The van der Waals surface area contributed by atoms with Crippen LogP contribution in [0.5, 0.6) is 11.5 Å². The number of phenolic OH excluding ortho intramolecular Hbond substituents is 2. The van der Waals surface area contributed by atoms with Crippen molar-refractivity contribution in [1.29, 1.82) is 0 Å². The minimum absolute atomic E-state index is 0.114. The van der Waals surface area contributed by atoms with Gasteiger partial charge in [0.15, 0.2) is 0 Å². The van der Waals surface area contributed by atoms with Crippen LogP contribution in [-0.4, -0.2) is 10.2 Å². The van der Waals surface area contributed by atoms with Crippen LogP contribution in [0, 0.1) is 6.92 Å². The fraction of sp³-hybridized carbons (Fsp3) is 0.400. The minimum atomic E-state index is -0.203. The molecule has 2 aromatic carbocycles. The van der Waals surface area contributed by atoms with Crippen molar-refractivity contribution in [3.63, 3.8) is 0 Å². The molecule has 0 spiro atoms. The first-order valence-corrected chi connectivity index (χ1v) is 7.67. The lowest BCUT2D eigenvalue weighted by molar-refractivity contribution is 0.444. The van der Waals surface area contributed by atoms with Gasteiger partial charge in [-0.3, -0.25) is 0 Å². The maximum atomic E-state index is 10.3. The molecule has 0 atom stereocenters. The molecule has 2 rings (SSSR count). The van der Waals surface area contributed by atoms with E-state index in [2.05, 4.69) is 40.7 Å². The van der Waals surface area contributed by atoms with Gasteiger partial charge in [-0.2, -0.15) is 0 Å². The maximum absolute atomic E-state index is 10.3. The van der Waals surface area contributed by atoms with Crippen molar-refractivity contribution >= 4 is 0 Å². The summed E-state index contributed by atoms with van der Waals surface area (Å²) < 4.78 is 0. The molecule has 0 saturated heterocycles. The van der Waals surface area contributed by atoms with Crippen molar-refractivity contribution in [1.82, 2.24) is 0 Å². The Morgan fingerprint density at radius 2 is 1.32 bits per heavy atom. The van der Waals surface area contributed by atoms with Crippen molar-refractivity contribution in [3.8, 4) is 11.5 Å². The van der Waals surface area contributed by atoms with Crippen LogP contribution in [0.25, 0.3) is 0 Å². The summed E-state index contributed by atoms with van der Waals surface area (Å²) >= 11 is 0. The Morgan fingerprint density at radius 1 is 0.773 bits per heavy atom. The van der Waals surface area contributed by atoms with Crippen molar-refractivity contribution in [2.45, 2.75) is 52.4 Å². The van der Waals surface area contributed by atoms with E-state index >= 15 is 0 Å². The largest absolute Gasteiger partial charge is 0.508 e. The molecule has 0 fully saturated rings. The number of aromatic hydroxyl groups is 2. The number of rotatable bonds is 2. The standard InChI is InChI=1S/C20H26O2/c1-13-11-18(22)17(19(2,3)4)12-16(13)20(5,6)14-7-9-15(21)10-8-14/h7-12,21-22H,1-6H3. The lowest BCUT2D eigenvalue weighted by Crippen LogP contribution is -2.22. The lowest BCUT2D eigenvalue weighted by Gasteiger charge is -2.31. The molecule has 0 amide bonds. The van der Waals surface area contributed by atoms with Gasteiger partial charge < -0.3 is 10.2 Å². The van der Waals surface area contributed by atoms with Gasteiger partial charge in [-0.25, -0.2) is 0 Å². The van der Waals surface area contributed by atoms with Gasteiger partial charge in [0.05, 0.1) is 0 Å². The Bertz CT molecular complexity index is 674. The summed E-state index contributed by atoms with van der Waals surface area (Å²) in [5.74, 6) is 0.632. The second-order valence-corrected chi connectivity index (χ2v) is 7.61. The first-order chi connectivity index (χ1) is 10.0. The number of hydrogen-bond donors (Lipinski definition) is 2. The zero-order valence-electron chi connectivity index (χ0n) is 14.4. The van der Waals surface area contributed by atoms with E-state index in [-0.39, 0.29) is 16.6 Å². The minimum Gasteiger partial charge on any atom is -0.508 e. The molecular weight excluding hydrogens is 272 g/mol. The molecule has 0 aromatic heterocycles.